The summed E-state index contributed by atoms with van der Waals surface area (Å²) in [7, 11) is 0. The Balaban J connectivity index is 2.08. The molecule has 2 rings (SSSR count). The lowest BCUT2D eigenvalue weighted by molar-refractivity contribution is -0.137. The highest BCUT2D eigenvalue weighted by Gasteiger charge is 2.32. The molecule has 1 aromatic carbocycles. The Labute approximate surface area is 145 Å². The summed E-state index contributed by atoms with van der Waals surface area (Å²) in [5.41, 5.74) is -0.335. The highest BCUT2D eigenvalue weighted by molar-refractivity contribution is 6.33. The van der Waals surface area contributed by atoms with Crippen molar-refractivity contribution in [1.82, 2.24) is 4.90 Å². The van der Waals surface area contributed by atoms with E-state index in [1.807, 2.05) is 18.7 Å². The van der Waals surface area contributed by atoms with Crippen LogP contribution >= 0.6 is 11.6 Å². The van der Waals surface area contributed by atoms with Crippen LogP contribution in [0.15, 0.2) is 18.2 Å². The predicted octanol–water partition coefficient (Wildman–Crippen LogP) is 4.44. The summed E-state index contributed by atoms with van der Waals surface area (Å²) in [6, 6.07) is 3.35. The molecule has 0 aliphatic carbocycles. The highest BCUT2D eigenvalue weighted by atomic mass is 35.5. The Kier molecular flexibility index (Phi) is 6.01. The number of rotatable bonds is 4. The number of halogens is 4. The van der Waals surface area contributed by atoms with Crippen molar-refractivity contribution in [2.45, 2.75) is 32.9 Å². The van der Waals surface area contributed by atoms with E-state index in [1.54, 1.807) is 4.90 Å². The monoisotopic (exact) mass is 362 g/mol. The molecule has 0 atom stereocenters. The first-order chi connectivity index (χ1) is 11.3. The van der Waals surface area contributed by atoms with Crippen LogP contribution < -0.4 is 4.90 Å². The zero-order valence-electron chi connectivity index (χ0n) is 13.9. The van der Waals surface area contributed by atoms with Crippen LogP contribution in [-0.4, -0.2) is 37.0 Å². The molecule has 0 saturated carbocycles. The number of anilines is 1. The van der Waals surface area contributed by atoms with Crippen LogP contribution in [0, 0.1) is 5.92 Å². The number of nitrogens with zero attached hydrogens (tertiary/aromatic N) is 2. The molecule has 0 unspecified atom stereocenters. The molecule has 0 radical (unpaired) electrons. The molecule has 0 spiro atoms. The Morgan fingerprint density at radius 2 is 1.75 bits per heavy atom. The molecule has 24 heavy (non-hydrogen) atoms. The largest absolute Gasteiger partial charge is 0.416 e. The normalized spacial score (nSPS) is 16.0. The second-order valence-electron chi connectivity index (χ2n) is 5.99. The lowest BCUT2D eigenvalue weighted by atomic mass is 10.0. The maximum Gasteiger partial charge on any atom is 0.416 e. The molecule has 1 aromatic rings. The second kappa shape index (κ2) is 7.64. The Morgan fingerprint density at radius 3 is 2.25 bits per heavy atom. The number of piperazine rings is 1. The first-order valence-electron chi connectivity index (χ1n) is 8.18. The van der Waals surface area contributed by atoms with Gasteiger partial charge in [0.2, 0.25) is 5.91 Å². The molecule has 1 amide bonds. The van der Waals surface area contributed by atoms with Gasteiger partial charge < -0.3 is 9.80 Å². The van der Waals surface area contributed by atoms with Gasteiger partial charge in [-0.3, -0.25) is 4.79 Å². The Bertz CT molecular complexity index is 580. The van der Waals surface area contributed by atoms with Crippen molar-refractivity contribution in [2.75, 3.05) is 31.1 Å². The number of benzene rings is 1. The van der Waals surface area contributed by atoms with Crippen molar-refractivity contribution >= 4 is 23.2 Å². The summed E-state index contributed by atoms with van der Waals surface area (Å²) in [4.78, 5) is 16.0. The van der Waals surface area contributed by atoms with Gasteiger partial charge in [0.1, 0.15) is 0 Å². The fourth-order valence-corrected chi connectivity index (χ4v) is 3.23. The van der Waals surface area contributed by atoms with E-state index in [0.29, 0.717) is 36.9 Å². The van der Waals surface area contributed by atoms with Crippen molar-refractivity contribution < 1.29 is 18.0 Å². The van der Waals surface area contributed by atoms with Gasteiger partial charge in [-0.1, -0.05) is 25.4 Å². The zero-order valence-corrected chi connectivity index (χ0v) is 14.6. The average Bonchev–Trinajstić information content (AvgIpc) is 2.55. The summed E-state index contributed by atoms with van der Waals surface area (Å²) in [5.74, 6) is 0.156. The molecule has 134 valence electrons. The molecule has 1 aliphatic heterocycles. The lowest BCUT2D eigenvalue weighted by Gasteiger charge is -2.38. The van der Waals surface area contributed by atoms with Gasteiger partial charge in [0.05, 0.1) is 16.3 Å². The second-order valence-corrected chi connectivity index (χ2v) is 6.40. The molecule has 1 heterocycles. The van der Waals surface area contributed by atoms with E-state index in [2.05, 4.69) is 0 Å². The molecule has 1 fully saturated rings. The van der Waals surface area contributed by atoms with Gasteiger partial charge in [0, 0.05) is 32.1 Å². The fraction of sp³-hybridized carbons (Fsp3) is 0.588. The molecule has 1 aliphatic rings. The first-order valence-corrected chi connectivity index (χ1v) is 8.56. The van der Waals surface area contributed by atoms with Crippen LogP contribution in [0.5, 0.6) is 0 Å². The van der Waals surface area contributed by atoms with Crippen LogP contribution in [0.2, 0.25) is 5.02 Å². The van der Waals surface area contributed by atoms with Crippen molar-refractivity contribution in [2.24, 2.45) is 5.92 Å². The maximum atomic E-state index is 12.9. The standard InChI is InChI=1S/C17H22ClF3N2O/c1-3-12(4-2)16(24)23-9-7-22(8-10-23)15-11-13(17(19,20)21)5-6-14(15)18/h5-6,11-12H,3-4,7-10H2,1-2H3. The third-order valence-electron chi connectivity index (χ3n) is 4.54. The number of hydrogen-bond donors (Lipinski definition) is 0. The Morgan fingerprint density at radius 1 is 1.17 bits per heavy atom. The molecule has 3 nitrogen and oxygen atoms in total. The van der Waals surface area contributed by atoms with Gasteiger partial charge in [-0.2, -0.15) is 13.2 Å². The SMILES string of the molecule is CCC(CC)C(=O)N1CCN(c2cc(C(F)(F)F)ccc2Cl)CC1. The summed E-state index contributed by atoms with van der Waals surface area (Å²) in [6.45, 7) is 5.94. The fourth-order valence-electron chi connectivity index (χ4n) is 3.00. The van der Waals surface area contributed by atoms with E-state index in [4.69, 9.17) is 11.6 Å². The van der Waals surface area contributed by atoms with Gasteiger partial charge in [0.25, 0.3) is 0 Å². The topological polar surface area (TPSA) is 23.6 Å². The van der Waals surface area contributed by atoms with E-state index in [-0.39, 0.29) is 11.8 Å². The van der Waals surface area contributed by atoms with Gasteiger partial charge in [-0.25, -0.2) is 0 Å². The molecule has 1 saturated heterocycles. The van der Waals surface area contributed by atoms with Crippen LogP contribution in [0.1, 0.15) is 32.3 Å². The number of carbonyl (C=O) groups is 1. The molecular formula is C17H22ClF3N2O. The molecule has 0 aromatic heterocycles. The third kappa shape index (κ3) is 4.15. The summed E-state index contributed by atoms with van der Waals surface area (Å²) in [5, 5.41) is 0.294. The van der Waals surface area contributed by atoms with Crippen LogP contribution in [0.4, 0.5) is 18.9 Å². The van der Waals surface area contributed by atoms with Gasteiger partial charge in [0.15, 0.2) is 0 Å². The first kappa shape index (κ1) is 18.9. The van der Waals surface area contributed by atoms with Crippen molar-refractivity contribution in [3.8, 4) is 0 Å². The van der Waals surface area contributed by atoms with E-state index in [0.717, 1.165) is 25.0 Å². The Hall–Kier alpha value is -1.43. The summed E-state index contributed by atoms with van der Waals surface area (Å²) >= 11 is 6.08. The van der Waals surface area contributed by atoms with Crippen LogP contribution in [-0.2, 0) is 11.0 Å². The molecule has 0 N–H and O–H groups in total. The zero-order chi connectivity index (χ0) is 17.9. The van der Waals surface area contributed by atoms with E-state index >= 15 is 0 Å². The predicted molar refractivity (Wildman–Crippen MR) is 89.3 cm³/mol. The number of carbonyl (C=O) groups excluding carboxylic acids is 1. The van der Waals surface area contributed by atoms with Gasteiger partial charge in [-0.15, -0.1) is 0 Å². The summed E-state index contributed by atoms with van der Waals surface area (Å²) in [6.07, 6.45) is -2.80. The highest BCUT2D eigenvalue weighted by Crippen LogP contribution is 2.35. The van der Waals surface area contributed by atoms with Crippen molar-refractivity contribution in [3.63, 3.8) is 0 Å². The minimum Gasteiger partial charge on any atom is -0.367 e. The maximum absolute atomic E-state index is 12.9. The van der Waals surface area contributed by atoms with Crippen molar-refractivity contribution in [3.05, 3.63) is 28.8 Å². The van der Waals surface area contributed by atoms with E-state index in [9.17, 15) is 18.0 Å². The number of alkyl halides is 3. The van der Waals surface area contributed by atoms with E-state index < -0.39 is 11.7 Å². The lowest BCUT2D eigenvalue weighted by Crippen LogP contribution is -2.50. The quantitative estimate of drug-likeness (QED) is 0.790. The van der Waals surface area contributed by atoms with E-state index in [1.165, 1.54) is 6.07 Å². The van der Waals surface area contributed by atoms with Crippen molar-refractivity contribution in [1.29, 1.82) is 0 Å². The molecule has 7 heteroatoms. The minimum atomic E-state index is -4.40. The summed E-state index contributed by atoms with van der Waals surface area (Å²) < 4.78 is 38.7. The average molecular weight is 363 g/mol. The van der Waals surface area contributed by atoms with Crippen LogP contribution in [0.25, 0.3) is 0 Å². The minimum absolute atomic E-state index is 0.0219. The smallest absolute Gasteiger partial charge is 0.367 e. The molecular weight excluding hydrogens is 341 g/mol. The van der Waals surface area contributed by atoms with Gasteiger partial charge >= 0.3 is 6.18 Å². The number of amides is 1. The third-order valence-corrected chi connectivity index (χ3v) is 4.86. The number of hydrogen-bond acceptors (Lipinski definition) is 2. The van der Waals surface area contributed by atoms with Crippen LogP contribution in [0.3, 0.4) is 0 Å². The van der Waals surface area contributed by atoms with Gasteiger partial charge in [-0.05, 0) is 31.0 Å². The molecule has 0 bridgehead atoms.